The van der Waals surface area contributed by atoms with E-state index < -0.39 is 0 Å². The van der Waals surface area contributed by atoms with E-state index in [2.05, 4.69) is 10.1 Å². The van der Waals surface area contributed by atoms with Crippen LogP contribution in [0.4, 0.5) is 0 Å². The molecule has 0 amide bonds. The van der Waals surface area contributed by atoms with E-state index in [1.54, 1.807) is 25.1 Å². The van der Waals surface area contributed by atoms with Crippen molar-refractivity contribution in [2.24, 2.45) is 0 Å². The fourth-order valence-electron chi connectivity index (χ4n) is 1.53. The Morgan fingerprint density at radius 1 is 1.47 bits per heavy atom. The molecule has 0 aliphatic rings. The molecule has 6 heteroatoms. The van der Waals surface area contributed by atoms with Crippen molar-refractivity contribution < 1.29 is 9.26 Å². The molecular weight excluding hydrogens is 266 g/mol. The predicted molar refractivity (Wildman–Crippen MR) is 69.0 cm³/mol. The molecule has 1 heterocycles. The lowest BCUT2D eigenvalue weighted by molar-refractivity contribution is 0.298. The fraction of sp³-hybridized carbons (Fsp3) is 0.308. The van der Waals surface area contributed by atoms with Gasteiger partial charge in [-0.05, 0) is 31.5 Å². The second-order valence-electron chi connectivity index (χ2n) is 3.94. The van der Waals surface area contributed by atoms with Crippen LogP contribution >= 0.6 is 11.6 Å². The molecule has 0 aliphatic heterocycles. The van der Waals surface area contributed by atoms with E-state index in [0.29, 0.717) is 41.1 Å². The first kappa shape index (κ1) is 13.4. The van der Waals surface area contributed by atoms with Crippen molar-refractivity contribution in [2.45, 2.75) is 19.8 Å². The van der Waals surface area contributed by atoms with Gasteiger partial charge < -0.3 is 9.26 Å². The molecule has 0 N–H and O–H groups in total. The number of nitrogens with zero attached hydrogens (tertiary/aromatic N) is 3. The molecule has 0 unspecified atom stereocenters. The summed E-state index contributed by atoms with van der Waals surface area (Å²) in [4.78, 5) is 4.10. The Balaban J connectivity index is 1.81. The van der Waals surface area contributed by atoms with Crippen molar-refractivity contribution in [2.75, 3.05) is 6.61 Å². The monoisotopic (exact) mass is 277 g/mol. The number of nitriles is 1. The van der Waals surface area contributed by atoms with Gasteiger partial charge in [0.2, 0.25) is 5.89 Å². The van der Waals surface area contributed by atoms with Crippen LogP contribution in [0.15, 0.2) is 22.7 Å². The Kier molecular flexibility index (Phi) is 4.37. The molecule has 5 nitrogen and oxygen atoms in total. The summed E-state index contributed by atoms with van der Waals surface area (Å²) in [6, 6.07) is 6.96. The first-order chi connectivity index (χ1) is 9.19. The van der Waals surface area contributed by atoms with E-state index in [1.165, 1.54) is 0 Å². The van der Waals surface area contributed by atoms with E-state index in [4.69, 9.17) is 26.1 Å². The van der Waals surface area contributed by atoms with Gasteiger partial charge in [-0.25, -0.2) is 0 Å². The van der Waals surface area contributed by atoms with E-state index in [1.807, 2.05) is 6.07 Å². The average molecular weight is 278 g/mol. The zero-order valence-corrected chi connectivity index (χ0v) is 11.1. The maximum Gasteiger partial charge on any atom is 0.226 e. The molecule has 0 aliphatic carbocycles. The Morgan fingerprint density at radius 3 is 2.95 bits per heavy atom. The standard InChI is InChI=1S/C13H12ClN3O2/c1-9-16-13(19-17-9)3-2-6-18-12-5-4-10(8-15)7-11(12)14/h4-5,7H,2-3,6H2,1H3. The molecule has 2 aromatic rings. The molecule has 2 rings (SSSR count). The average Bonchev–Trinajstić information content (AvgIpc) is 2.82. The minimum Gasteiger partial charge on any atom is -0.492 e. The molecule has 1 aromatic heterocycles. The summed E-state index contributed by atoms with van der Waals surface area (Å²) >= 11 is 5.99. The van der Waals surface area contributed by atoms with Crippen molar-refractivity contribution in [3.8, 4) is 11.8 Å². The third kappa shape index (κ3) is 3.70. The van der Waals surface area contributed by atoms with Gasteiger partial charge in [0.15, 0.2) is 5.82 Å². The highest BCUT2D eigenvalue weighted by atomic mass is 35.5. The molecule has 98 valence electrons. The first-order valence-corrected chi connectivity index (χ1v) is 6.18. The van der Waals surface area contributed by atoms with Crippen molar-refractivity contribution >= 4 is 11.6 Å². The molecule has 0 saturated heterocycles. The SMILES string of the molecule is Cc1noc(CCCOc2ccc(C#N)cc2Cl)n1. The summed E-state index contributed by atoms with van der Waals surface area (Å²) < 4.78 is 10.5. The van der Waals surface area contributed by atoms with E-state index in [0.717, 1.165) is 6.42 Å². The van der Waals surface area contributed by atoms with Gasteiger partial charge in [-0.2, -0.15) is 10.2 Å². The van der Waals surface area contributed by atoms with E-state index in [-0.39, 0.29) is 0 Å². The number of halogens is 1. The fourth-order valence-corrected chi connectivity index (χ4v) is 1.77. The number of hydrogen-bond acceptors (Lipinski definition) is 5. The normalized spacial score (nSPS) is 10.2. The third-order valence-corrected chi connectivity index (χ3v) is 2.72. The molecule has 0 saturated carbocycles. The van der Waals surface area contributed by atoms with Gasteiger partial charge in [0.25, 0.3) is 0 Å². The van der Waals surface area contributed by atoms with E-state index in [9.17, 15) is 0 Å². The smallest absolute Gasteiger partial charge is 0.226 e. The van der Waals surface area contributed by atoms with Gasteiger partial charge in [0.05, 0.1) is 23.3 Å². The van der Waals surface area contributed by atoms with Crippen LogP contribution in [-0.4, -0.2) is 16.7 Å². The van der Waals surface area contributed by atoms with Crippen LogP contribution in [0.5, 0.6) is 5.75 Å². The largest absolute Gasteiger partial charge is 0.492 e. The van der Waals surface area contributed by atoms with Gasteiger partial charge in [-0.3, -0.25) is 0 Å². The van der Waals surface area contributed by atoms with Crippen LogP contribution in [0.3, 0.4) is 0 Å². The van der Waals surface area contributed by atoms with Gasteiger partial charge in [0.1, 0.15) is 5.75 Å². The van der Waals surface area contributed by atoms with Crippen LogP contribution < -0.4 is 4.74 Å². The van der Waals surface area contributed by atoms with Crippen molar-refractivity contribution in [1.29, 1.82) is 5.26 Å². The van der Waals surface area contributed by atoms with Gasteiger partial charge in [0, 0.05) is 6.42 Å². The molecule has 0 radical (unpaired) electrons. The van der Waals surface area contributed by atoms with Crippen LogP contribution in [-0.2, 0) is 6.42 Å². The molecule has 0 atom stereocenters. The maximum absolute atomic E-state index is 8.72. The number of aryl methyl sites for hydroxylation is 2. The summed E-state index contributed by atoms with van der Waals surface area (Å²) in [7, 11) is 0. The molecule has 0 fully saturated rings. The number of hydrogen-bond donors (Lipinski definition) is 0. The summed E-state index contributed by atoms with van der Waals surface area (Å²) in [6.07, 6.45) is 1.41. The zero-order valence-electron chi connectivity index (χ0n) is 10.4. The number of benzene rings is 1. The highest BCUT2D eigenvalue weighted by Gasteiger charge is 2.05. The predicted octanol–water partition coefficient (Wildman–Crippen LogP) is 2.91. The lowest BCUT2D eigenvalue weighted by Gasteiger charge is -2.07. The summed E-state index contributed by atoms with van der Waals surface area (Å²) in [5, 5.41) is 12.9. The Bertz CT molecular complexity index is 604. The van der Waals surface area contributed by atoms with Gasteiger partial charge >= 0.3 is 0 Å². The van der Waals surface area contributed by atoms with Gasteiger partial charge in [-0.15, -0.1) is 0 Å². The number of aromatic nitrogens is 2. The maximum atomic E-state index is 8.72. The second-order valence-corrected chi connectivity index (χ2v) is 4.35. The number of rotatable bonds is 5. The third-order valence-electron chi connectivity index (χ3n) is 2.42. The van der Waals surface area contributed by atoms with Crippen molar-refractivity contribution in [3.63, 3.8) is 0 Å². The van der Waals surface area contributed by atoms with Crippen molar-refractivity contribution in [3.05, 3.63) is 40.5 Å². The molecule has 19 heavy (non-hydrogen) atoms. The minimum atomic E-state index is 0.438. The summed E-state index contributed by atoms with van der Waals surface area (Å²) in [5.41, 5.74) is 0.513. The highest BCUT2D eigenvalue weighted by molar-refractivity contribution is 6.32. The Labute approximate surface area is 115 Å². The lowest BCUT2D eigenvalue weighted by Crippen LogP contribution is -2.00. The molecule has 0 bridgehead atoms. The molecule has 0 spiro atoms. The molecular formula is C13H12ClN3O2. The van der Waals surface area contributed by atoms with Crippen LogP contribution in [0, 0.1) is 18.3 Å². The zero-order chi connectivity index (χ0) is 13.7. The number of ether oxygens (including phenoxy) is 1. The second kappa shape index (κ2) is 6.21. The molecule has 1 aromatic carbocycles. The van der Waals surface area contributed by atoms with Crippen molar-refractivity contribution in [1.82, 2.24) is 10.1 Å². The Hall–Kier alpha value is -2.06. The minimum absolute atomic E-state index is 0.438. The topological polar surface area (TPSA) is 71.9 Å². The quantitative estimate of drug-likeness (QED) is 0.786. The van der Waals surface area contributed by atoms with Crippen LogP contribution in [0.1, 0.15) is 23.7 Å². The van der Waals surface area contributed by atoms with E-state index >= 15 is 0 Å². The first-order valence-electron chi connectivity index (χ1n) is 5.80. The summed E-state index contributed by atoms with van der Waals surface area (Å²) in [6.45, 7) is 2.27. The highest BCUT2D eigenvalue weighted by Crippen LogP contribution is 2.25. The lowest BCUT2D eigenvalue weighted by atomic mass is 10.2. The Morgan fingerprint density at radius 2 is 2.32 bits per heavy atom. The van der Waals surface area contributed by atoms with Crippen LogP contribution in [0.2, 0.25) is 5.02 Å². The van der Waals surface area contributed by atoms with Crippen LogP contribution in [0.25, 0.3) is 0 Å². The summed E-state index contributed by atoms with van der Waals surface area (Å²) in [5.74, 6) is 1.81. The van der Waals surface area contributed by atoms with Gasteiger partial charge in [-0.1, -0.05) is 16.8 Å².